The van der Waals surface area contributed by atoms with E-state index in [1.54, 1.807) is 16.9 Å². The van der Waals surface area contributed by atoms with E-state index >= 15 is 0 Å². The van der Waals surface area contributed by atoms with Crippen LogP contribution in [0.2, 0.25) is 0 Å². The van der Waals surface area contributed by atoms with Gasteiger partial charge in [-0.05, 0) is 13.0 Å². The van der Waals surface area contributed by atoms with Gasteiger partial charge in [-0.1, -0.05) is 0 Å². The Morgan fingerprint density at radius 2 is 1.92 bits per heavy atom. The summed E-state index contributed by atoms with van der Waals surface area (Å²) in [7, 11) is 1.48. The molecule has 0 spiro atoms. The van der Waals surface area contributed by atoms with Gasteiger partial charge in [0.1, 0.15) is 17.8 Å². The number of nitrogens with one attached hydrogen (secondary N) is 2. The Morgan fingerprint density at radius 1 is 1.21 bits per heavy atom. The van der Waals surface area contributed by atoms with Gasteiger partial charge < -0.3 is 15.7 Å². The number of hydrogen-bond acceptors (Lipinski definition) is 5. The van der Waals surface area contributed by atoms with Gasteiger partial charge in [0, 0.05) is 32.0 Å². The molecule has 0 aliphatic heterocycles. The molecule has 10 nitrogen and oxygen atoms in total. The van der Waals surface area contributed by atoms with Crippen LogP contribution in [0.5, 0.6) is 0 Å². The summed E-state index contributed by atoms with van der Waals surface area (Å²) in [6.45, 7) is 2.31. The van der Waals surface area contributed by atoms with Crippen molar-refractivity contribution in [1.82, 2.24) is 30.2 Å². The van der Waals surface area contributed by atoms with Crippen molar-refractivity contribution in [3.05, 3.63) is 35.4 Å². The fourth-order valence-electron chi connectivity index (χ4n) is 2.08. The molecule has 0 atom stereocenters. The highest BCUT2D eigenvalue weighted by Crippen LogP contribution is 2.07. The first-order valence-electron chi connectivity index (χ1n) is 7.18. The molecule has 2 heterocycles. The lowest BCUT2D eigenvalue weighted by Crippen LogP contribution is -2.37. The van der Waals surface area contributed by atoms with Gasteiger partial charge in [0.05, 0.1) is 6.20 Å². The minimum atomic E-state index is -1.23. The average molecular weight is 334 g/mol. The molecule has 0 radical (unpaired) electrons. The van der Waals surface area contributed by atoms with Crippen molar-refractivity contribution in [3.63, 3.8) is 0 Å². The number of aromatic nitrogens is 4. The summed E-state index contributed by atoms with van der Waals surface area (Å²) in [6, 6.07) is 1.79. The summed E-state index contributed by atoms with van der Waals surface area (Å²) in [5, 5.41) is 22.0. The molecular formula is C14H18N6O4. The fourth-order valence-corrected chi connectivity index (χ4v) is 2.08. The first-order valence-corrected chi connectivity index (χ1v) is 7.18. The Hall–Kier alpha value is -3.17. The Kier molecular flexibility index (Phi) is 5.30. The van der Waals surface area contributed by atoms with E-state index in [9.17, 15) is 14.4 Å². The summed E-state index contributed by atoms with van der Waals surface area (Å²) in [6.07, 6.45) is 2.72. The molecule has 0 aromatic carbocycles. The molecule has 2 aromatic heterocycles. The van der Waals surface area contributed by atoms with E-state index < -0.39 is 11.9 Å². The second-order valence-corrected chi connectivity index (χ2v) is 5.07. The molecule has 0 fully saturated rings. The fraction of sp³-hybridized carbons (Fsp3) is 0.357. The lowest BCUT2D eigenvalue weighted by molar-refractivity contribution is -0.121. The lowest BCUT2D eigenvalue weighted by Gasteiger charge is -2.09. The van der Waals surface area contributed by atoms with Crippen molar-refractivity contribution in [2.75, 3.05) is 13.1 Å². The van der Waals surface area contributed by atoms with Crippen LogP contribution in [-0.2, 0) is 18.4 Å². The minimum Gasteiger partial charge on any atom is -0.478 e. The molecule has 0 saturated heterocycles. The van der Waals surface area contributed by atoms with Crippen LogP contribution in [0, 0.1) is 6.92 Å². The summed E-state index contributed by atoms with van der Waals surface area (Å²) in [5.74, 6) is -2.02. The number of amides is 2. The van der Waals surface area contributed by atoms with Crippen LogP contribution in [0.3, 0.4) is 0 Å². The smallest absolute Gasteiger partial charge is 0.339 e. The predicted molar refractivity (Wildman–Crippen MR) is 82.5 cm³/mol. The minimum absolute atomic E-state index is 0.0407. The second kappa shape index (κ2) is 7.40. The SMILES string of the molecule is Cc1ccnn1CC(=O)NCCNC(=O)c1c(C(=O)O)cnn1C. The van der Waals surface area contributed by atoms with E-state index in [4.69, 9.17) is 5.11 Å². The number of carbonyl (C=O) groups is 3. The third-order valence-electron chi connectivity index (χ3n) is 3.34. The number of hydrogen-bond donors (Lipinski definition) is 3. The monoisotopic (exact) mass is 334 g/mol. The third-order valence-corrected chi connectivity index (χ3v) is 3.34. The molecule has 0 bridgehead atoms. The maximum atomic E-state index is 12.0. The van der Waals surface area contributed by atoms with Crippen LogP contribution < -0.4 is 10.6 Å². The molecule has 0 aliphatic carbocycles. The molecule has 2 aromatic rings. The van der Waals surface area contributed by atoms with Gasteiger partial charge in [-0.15, -0.1) is 0 Å². The maximum Gasteiger partial charge on any atom is 0.339 e. The van der Waals surface area contributed by atoms with Gasteiger partial charge in [0.15, 0.2) is 0 Å². The maximum absolute atomic E-state index is 12.0. The quantitative estimate of drug-likeness (QED) is 0.566. The molecule has 0 saturated carbocycles. The number of rotatable bonds is 7. The van der Waals surface area contributed by atoms with Crippen molar-refractivity contribution >= 4 is 17.8 Å². The van der Waals surface area contributed by atoms with E-state index in [1.807, 2.05) is 6.92 Å². The Labute approximate surface area is 137 Å². The Bertz CT molecular complexity index is 763. The Balaban J connectivity index is 1.79. The van der Waals surface area contributed by atoms with Gasteiger partial charge in [-0.2, -0.15) is 10.2 Å². The number of nitrogens with zero attached hydrogens (tertiary/aromatic N) is 4. The first-order chi connectivity index (χ1) is 11.4. The molecular weight excluding hydrogens is 316 g/mol. The first kappa shape index (κ1) is 17.2. The van der Waals surface area contributed by atoms with E-state index in [0.717, 1.165) is 11.9 Å². The second-order valence-electron chi connectivity index (χ2n) is 5.07. The molecule has 10 heteroatoms. The van der Waals surface area contributed by atoms with Crippen molar-refractivity contribution in [3.8, 4) is 0 Å². The van der Waals surface area contributed by atoms with E-state index in [1.165, 1.54) is 11.7 Å². The van der Waals surface area contributed by atoms with Gasteiger partial charge in [0.25, 0.3) is 5.91 Å². The van der Waals surface area contributed by atoms with Crippen LogP contribution in [0.4, 0.5) is 0 Å². The summed E-state index contributed by atoms with van der Waals surface area (Å²) in [5.41, 5.74) is 0.657. The standard InChI is InChI=1S/C14H18N6O4/c1-9-3-4-17-20(9)8-11(21)15-5-6-16-13(22)12-10(14(23)24)7-18-19(12)2/h3-4,7H,5-6,8H2,1-2H3,(H,15,21)(H,16,22)(H,23,24). The van der Waals surface area contributed by atoms with E-state index in [-0.39, 0.29) is 36.8 Å². The lowest BCUT2D eigenvalue weighted by atomic mass is 10.2. The molecule has 2 rings (SSSR count). The molecule has 24 heavy (non-hydrogen) atoms. The van der Waals surface area contributed by atoms with Gasteiger partial charge >= 0.3 is 5.97 Å². The number of carboxylic acids is 1. The zero-order chi connectivity index (χ0) is 17.7. The van der Waals surface area contributed by atoms with E-state index in [0.29, 0.717) is 0 Å². The topological polar surface area (TPSA) is 131 Å². The van der Waals surface area contributed by atoms with Crippen LogP contribution >= 0.6 is 0 Å². The van der Waals surface area contributed by atoms with Crippen LogP contribution in [-0.4, -0.2) is 55.5 Å². The Morgan fingerprint density at radius 3 is 2.54 bits per heavy atom. The van der Waals surface area contributed by atoms with Crippen molar-refractivity contribution in [2.24, 2.45) is 7.05 Å². The summed E-state index contributed by atoms with van der Waals surface area (Å²) in [4.78, 5) is 34.8. The zero-order valence-corrected chi connectivity index (χ0v) is 13.3. The molecule has 0 aliphatic rings. The van der Waals surface area contributed by atoms with Crippen LogP contribution in [0.15, 0.2) is 18.5 Å². The van der Waals surface area contributed by atoms with Gasteiger partial charge in [0.2, 0.25) is 5.91 Å². The van der Waals surface area contributed by atoms with Crippen LogP contribution in [0.25, 0.3) is 0 Å². The van der Waals surface area contributed by atoms with Crippen molar-refractivity contribution in [1.29, 1.82) is 0 Å². The number of carboxylic acid groups (broad SMARTS) is 1. The largest absolute Gasteiger partial charge is 0.478 e. The van der Waals surface area contributed by atoms with Crippen molar-refractivity contribution < 1.29 is 19.5 Å². The van der Waals surface area contributed by atoms with Crippen molar-refractivity contribution in [2.45, 2.75) is 13.5 Å². The highest BCUT2D eigenvalue weighted by atomic mass is 16.4. The number of carbonyl (C=O) groups excluding carboxylic acids is 2. The summed E-state index contributed by atoms with van der Waals surface area (Å²) < 4.78 is 2.75. The average Bonchev–Trinajstić information content (AvgIpc) is 3.10. The van der Waals surface area contributed by atoms with Gasteiger partial charge in [-0.25, -0.2) is 4.79 Å². The highest BCUT2D eigenvalue weighted by molar-refractivity contribution is 6.03. The molecule has 128 valence electrons. The number of aromatic carboxylic acids is 1. The normalized spacial score (nSPS) is 10.4. The molecule has 0 unspecified atom stereocenters. The molecule has 3 N–H and O–H groups in total. The molecule has 2 amide bonds. The van der Waals surface area contributed by atoms with Gasteiger partial charge in [-0.3, -0.25) is 19.0 Å². The van der Waals surface area contributed by atoms with Crippen LogP contribution in [0.1, 0.15) is 26.5 Å². The summed E-state index contributed by atoms with van der Waals surface area (Å²) >= 11 is 0. The zero-order valence-electron chi connectivity index (χ0n) is 13.3. The van der Waals surface area contributed by atoms with E-state index in [2.05, 4.69) is 20.8 Å². The highest BCUT2D eigenvalue weighted by Gasteiger charge is 2.21. The third kappa shape index (κ3) is 3.97. The number of aryl methyl sites for hydroxylation is 2. The predicted octanol–water partition coefficient (Wildman–Crippen LogP) is -0.831.